The molecule has 1 unspecified atom stereocenters. The van der Waals surface area contributed by atoms with Crippen molar-refractivity contribution in [2.24, 2.45) is 0 Å². The molecular weight excluding hydrogens is 247 g/mol. The summed E-state index contributed by atoms with van der Waals surface area (Å²) in [7, 11) is 0. The van der Waals surface area contributed by atoms with Gasteiger partial charge in [-0.05, 0) is 5.56 Å². The van der Waals surface area contributed by atoms with Crippen molar-refractivity contribution in [1.29, 1.82) is 0 Å². The summed E-state index contributed by atoms with van der Waals surface area (Å²) in [5, 5.41) is 11.6. The molecule has 0 radical (unpaired) electrons. The summed E-state index contributed by atoms with van der Waals surface area (Å²) in [5.41, 5.74) is 0.712. The highest BCUT2D eigenvalue weighted by Crippen LogP contribution is 2.16. The average molecular weight is 259 g/mol. The Morgan fingerprint density at radius 1 is 1.33 bits per heavy atom. The van der Waals surface area contributed by atoms with E-state index in [1.54, 1.807) is 30.3 Å². The van der Waals surface area contributed by atoms with E-state index >= 15 is 0 Å². The van der Waals surface area contributed by atoms with Gasteiger partial charge in [0.15, 0.2) is 0 Å². The molecule has 18 heavy (non-hydrogen) atoms. The molecule has 1 atom stereocenters. The fourth-order valence-corrected chi connectivity index (χ4v) is 1.27. The number of halogens is 3. The Morgan fingerprint density at radius 3 is 2.44 bits per heavy atom. The maximum Gasteiger partial charge on any atom is 0.454 e. The monoisotopic (exact) mass is 259 g/mol. The Labute approximate surface area is 102 Å². The molecule has 0 heterocycles. The zero-order valence-electron chi connectivity index (χ0n) is 9.32. The molecule has 0 aliphatic carbocycles. The van der Waals surface area contributed by atoms with Crippen molar-refractivity contribution in [2.75, 3.05) is 6.61 Å². The number of carbonyl (C=O) groups excluding carboxylic acids is 1. The van der Waals surface area contributed by atoms with Crippen LogP contribution in [0.3, 0.4) is 0 Å². The third-order valence-electron chi connectivity index (χ3n) is 2.20. The molecule has 98 valence electrons. The van der Waals surface area contributed by atoms with Gasteiger partial charge in [-0.15, -0.1) is 0 Å². The van der Waals surface area contributed by atoms with E-state index in [0.29, 0.717) is 11.6 Å². The highest BCUT2D eigenvalue weighted by atomic mass is 19.4. The molecule has 3 nitrogen and oxygen atoms in total. The molecule has 2 N–H and O–H groups in total. The number of rotatable bonds is 5. The summed E-state index contributed by atoms with van der Waals surface area (Å²) in [6, 6.07) is 8.14. The number of allylic oxidation sites excluding steroid dienone is 1. The molecule has 0 amide bonds. The molecule has 0 spiro atoms. The first-order valence-electron chi connectivity index (χ1n) is 5.14. The summed E-state index contributed by atoms with van der Waals surface area (Å²) >= 11 is 0. The standard InChI is InChI=1S/C12H12F3NO2/c13-12(14,15)11(18)6-7-16-10(8-17)9-4-2-1-3-5-9/h1-7,10,16-17H,8H2/b7-6+. The van der Waals surface area contributed by atoms with Crippen molar-refractivity contribution in [3.63, 3.8) is 0 Å². The van der Waals surface area contributed by atoms with E-state index in [9.17, 15) is 18.0 Å². The van der Waals surface area contributed by atoms with E-state index in [4.69, 9.17) is 5.11 Å². The lowest BCUT2D eigenvalue weighted by Crippen LogP contribution is -2.23. The first kappa shape index (κ1) is 14.2. The van der Waals surface area contributed by atoms with Gasteiger partial charge in [0.25, 0.3) is 5.78 Å². The van der Waals surface area contributed by atoms with Crippen LogP contribution in [0.4, 0.5) is 13.2 Å². The summed E-state index contributed by atoms with van der Waals surface area (Å²) in [4.78, 5) is 10.6. The molecule has 6 heteroatoms. The van der Waals surface area contributed by atoms with Crippen LogP contribution in [0.5, 0.6) is 0 Å². The van der Waals surface area contributed by atoms with Gasteiger partial charge in [0.05, 0.1) is 12.6 Å². The number of aliphatic hydroxyl groups is 1. The maximum absolute atomic E-state index is 11.9. The lowest BCUT2D eigenvalue weighted by molar-refractivity contribution is -0.165. The third-order valence-corrected chi connectivity index (χ3v) is 2.20. The number of nitrogens with one attached hydrogen (secondary N) is 1. The maximum atomic E-state index is 11.9. The number of ketones is 1. The zero-order valence-corrected chi connectivity index (χ0v) is 9.32. The second-order valence-electron chi connectivity index (χ2n) is 3.51. The molecule has 0 saturated carbocycles. The van der Waals surface area contributed by atoms with Crippen LogP contribution in [0, 0.1) is 0 Å². The van der Waals surface area contributed by atoms with Crippen LogP contribution in [0.15, 0.2) is 42.6 Å². The molecule has 0 aromatic heterocycles. The minimum absolute atomic E-state index is 0.297. The van der Waals surface area contributed by atoms with Crippen LogP contribution in [0.25, 0.3) is 0 Å². The molecule has 1 rings (SSSR count). The van der Waals surface area contributed by atoms with E-state index in [1.807, 2.05) is 0 Å². The Balaban J connectivity index is 2.61. The van der Waals surface area contributed by atoms with Crippen LogP contribution in [0.1, 0.15) is 11.6 Å². The van der Waals surface area contributed by atoms with E-state index in [2.05, 4.69) is 5.32 Å². The van der Waals surface area contributed by atoms with Gasteiger partial charge in [-0.3, -0.25) is 4.79 Å². The largest absolute Gasteiger partial charge is 0.454 e. The summed E-state index contributed by atoms with van der Waals surface area (Å²) in [6.45, 7) is -0.297. The molecule has 0 fully saturated rings. The van der Waals surface area contributed by atoms with Gasteiger partial charge in [0.1, 0.15) is 0 Å². The van der Waals surface area contributed by atoms with Crippen molar-refractivity contribution in [3.8, 4) is 0 Å². The SMILES string of the molecule is O=C(/C=C/NC(CO)c1ccccc1)C(F)(F)F. The van der Waals surface area contributed by atoms with Gasteiger partial charge in [-0.2, -0.15) is 13.2 Å². The van der Waals surface area contributed by atoms with Gasteiger partial charge in [0, 0.05) is 12.3 Å². The van der Waals surface area contributed by atoms with Crippen molar-refractivity contribution in [2.45, 2.75) is 12.2 Å². The normalized spacial score (nSPS) is 13.6. The van der Waals surface area contributed by atoms with Crippen LogP contribution in [-0.2, 0) is 4.79 Å². The second-order valence-corrected chi connectivity index (χ2v) is 3.51. The average Bonchev–Trinajstić information content (AvgIpc) is 2.34. The molecule has 1 aromatic carbocycles. The molecular formula is C12H12F3NO2. The van der Waals surface area contributed by atoms with Gasteiger partial charge < -0.3 is 10.4 Å². The number of benzene rings is 1. The van der Waals surface area contributed by atoms with E-state index in [0.717, 1.165) is 6.20 Å². The minimum Gasteiger partial charge on any atom is -0.394 e. The van der Waals surface area contributed by atoms with Crippen LogP contribution >= 0.6 is 0 Å². The summed E-state index contributed by atoms with van der Waals surface area (Å²) in [5.74, 6) is -1.94. The lowest BCUT2D eigenvalue weighted by atomic mass is 10.1. The first-order chi connectivity index (χ1) is 8.45. The zero-order chi connectivity index (χ0) is 13.6. The molecule has 0 aliphatic rings. The van der Waals surface area contributed by atoms with E-state index in [1.165, 1.54) is 0 Å². The van der Waals surface area contributed by atoms with Crippen LogP contribution in [-0.4, -0.2) is 23.7 Å². The summed E-state index contributed by atoms with van der Waals surface area (Å²) < 4.78 is 35.7. The minimum atomic E-state index is -4.88. The van der Waals surface area contributed by atoms with Crippen LogP contribution < -0.4 is 5.32 Å². The van der Waals surface area contributed by atoms with Gasteiger partial charge in [-0.1, -0.05) is 30.3 Å². The predicted molar refractivity (Wildman–Crippen MR) is 59.6 cm³/mol. The fraction of sp³-hybridized carbons (Fsp3) is 0.250. The van der Waals surface area contributed by atoms with E-state index in [-0.39, 0.29) is 6.61 Å². The van der Waals surface area contributed by atoms with Gasteiger partial charge in [0.2, 0.25) is 0 Å². The first-order valence-corrected chi connectivity index (χ1v) is 5.14. The number of hydrogen-bond acceptors (Lipinski definition) is 3. The lowest BCUT2D eigenvalue weighted by Gasteiger charge is -2.14. The Hall–Kier alpha value is -1.82. The van der Waals surface area contributed by atoms with Crippen molar-refractivity contribution < 1.29 is 23.1 Å². The van der Waals surface area contributed by atoms with E-state index < -0.39 is 18.0 Å². The second kappa shape index (κ2) is 6.20. The van der Waals surface area contributed by atoms with Crippen molar-refractivity contribution in [3.05, 3.63) is 48.2 Å². The van der Waals surface area contributed by atoms with Gasteiger partial charge >= 0.3 is 6.18 Å². The number of carbonyl (C=O) groups is 1. The Morgan fingerprint density at radius 2 is 1.94 bits per heavy atom. The number of alkyl halides is 3. The fourth-order valence-electron chi connectivity index (χ4n) is 1.27. The predicted octanol–water partition coefficient (Wildman–Crippen LogP) is 1.95. The Kier molecular flexibility index (Phi) is 4.91. The van der Waals surface area contributed by atoms with Gasteiger partial charge in [-0.25, -0.2) is 0 Å². The van der Waals surface area contributed by atoms with Crippen LogP contribution in [0.2, 0.25) is 0 Å². The number of aliphatic hydroxyl groups excluding tert-OH is 1. The smallest absolute Gasteiger partial charge is 0.394 e. The van der Waals surface area contributed by atoms with Crippen molar-refractivity contribution in [1.82, 2.24) is 5.32 Å². The number of hydrogen-bond donors (Lipinski definition) is 2. The molecule has 0 saturated heterocycles. The third kappa shape index (κ3) is 4.21. The van der Waals surface area contributed by atoms with Crippen molar-refractivity contribution >= 4 is 5.78 Å². The quantitative estimate of drug-likeness (QED) is 0.795. The molecule has 0 aliphatic heterocycles. The summed E-state index contributed by atoms with van der Waals surface area (Å²) in [6.07, 6.45) is -3.59. The highest BCUT2D eigenvalue weighted by Gasteiger charge is 2.36. The molecule has 1 aromatic rings. The highest BCUT2D eigenvalue weighted by molar-refractivity contribution is 5.94. The topological polar surface area (TPSA) is 49.3 Å². The molecule has 0 bridgehead atoms. The Bertz CT molecular complexity index is 415.